The molecular formula is C15H19FN4O. The van der Waals surface area contributed by atoms with Gasteiger partial charge in [0.2, 0.25) is 5.91 Å². The highest BCUT2D eigenvalue weighted by molar-refractivity contribution is 5.75. The van der Waals surface area contributed by atoms with Gasteiger partial charge in [-0.15, -0.1) is 0 Å². The molecule has 2 N–H and O–H groups in total. The number of anilines is 1. The SMILES string of the molecule is CCC(Nc1cnn(CC(=O)NC)c1)c1ccccc1F. The third-order valence-electron chi connectivity index (χ3n) is 3.25. The van der Waals surface area contributed by atoms with Crippen molar-refractivity contribution in [3.8, 4) is 0 Å². The Morgan fingerprint density at radius 1 is 1.43 bits per heavy atom. The summed E-state index contributed by atoms with van der Waals surface area (Å²) in [5.41, 5.74) is 1.38. The van der Waals surface area contributed by atoms with E-state index in [4.69, 9.17) is 0 Å². The number of nitrogens with zero attached hydrogens (tertiary/aromatic N) is 2. The fourth-order valence-corrected chi connectivity index (χ4v) is 2.11. The molecule has 21 heavy (non-hydrogen) atoms. The molecule has 1 aromatic heterocycles. The van der Waals surface area contributed by atoms with Crippen LogP contribution >= 0.6 is 0 Å². The second-order valence-electron chi connectivity index (χ2n) is 4.73. The molecule has 6 heteroatoms. The zero-order chi connectivity index (χ0) is 15.2. The Balaban J connectivity index is 2.09. The van der Waals surface area contributed by atoms with Gasteiger partial charge in [0.15, 0.2) is 0 Å². The fraction of sp³-hybridized carbons (Fsp3) is 0.333. The summed E-state index contributed by atoms with van der Waals surface area (Å²) in [5, 5.41) is 9.89. The van der Waals surface area contributed by atoms with E-state index in [0.717, 1.165) is 12.1 Å². The molecule has 1 atom stereocenters. The molecule has 0 fully saturated rings. The van der Waals surface area contributed by atoms with Crippen molar-refractivity contribution < 1.29 is 9.18 Å². The van der Waals surface area contributed by atoms with Gasteiger partial charge in [-0.25, -0.2) is 4.39 Å². The van der Waals surface area contributed by atoms with Crippen LogP contribution in [-0.4, -0.2) is 22.7 Å². The van der Waals surface area contributed by atoms with Crippen LogP contribution in [0.1, 0.15) is 24.9 Å². The van der Waals surface area contributed by atoms with E-state index >= 15 is 0 Å². The van der Waals surface area contributed by atoms with Crippen molar-refractivity contribution in [1.29, 1.82) is 0 Å². The van der Waals surface area contributed by atoms with Crippen molar-refractivity contribution in [2.45, 2.75) is 25.9 Å². The molecule has 1 heterocycles. The van der Waals surface area contributed by atoms with E-state index in [1.54, 1.807) is 31.6 Å². The van der Waals surface area contributed by atoms with Gasteiger partial charge in [-0.05, 0) is 12.5 Å². The maximum atomic E-state index is 13.8. The summed E-state index contributed by atoms with van der Waals surface area (Å²) in [5.74, 6) is -0.347. The normalized spacial score (nSPS) is 12.0. The Hall–Kier alpha value is -2.37. The summed E-state index contributed by atoms with van der Waals surface area (Å²) in [6.45, 7) is 2.15. The van der Waals surface area contributed by atoms with E-state index in [0.29, 0.717) is 5.56 Å². The Morgan fingerprint density at radius 2 is 2.19 bits per heavy atom. The van der Waals surface area contributed by atoms with Crippen LogP contribution in [0.25, 0.3) is 0 Å². The molecule has 2 rings (SSSR count). The maximum absolute atomic E-state index is 13.8. The van der Waals surface area contributed by atoms with Gasteiger partial charge in [0.1, 0.15) is 12.4 Å². The Labute approximate surface area is 123 Å². The van der Waals surface area contributed by atoms with Crippen LogP contribution in [0, 0.1) is 5.82 Å². The van der Waals surface area contributed by atoms with Gasteiger partial charge in [0.25, 0.3) is 0 Å². The molecule has 0 aliphatic heterocycles. The molecule has 0 bridgehead atoms. The molecule has 0 aliphatic rings. The molecule has 5 nitrogen and oxygen atoms in total. The summed E-state index contributed by atoms with van der Waals surface area (Å²) in [4.78, 5) is 11.3. The van der Waals surface area contributed by atoms with Gasteiger partial charge in [0, 0.05) is 18.8 Å². The number of amides is 1. The lowest BCUT2D eigenvalue weighted by Gasteiger charge is -2.18. The minimum Gasteiger partial charge on any atom is -0.376 e. The first-order valence-corrected chi connectivity index (χ1v) is 6.88. The topological polar surface area (TPSA) is 59.0 Å². The van der Waals surface area contributed by atoms with E-state index in [1.165, 1.54) is 10.7 Å². The molecule has 0 spiro atoms. The van der Waals surface area contributed by atoms with Gasteiger partial charge in [-0.2, -0.15) is 5.10 Å². The van der Waals surface area contributed by atoms with E-state index in [2.05, 4.69) is 15.7 Å². The highest BCUT2D eigenvalue weighted by atomic mass is 19.1. The molecule has 2 aromatic rings. The largest absolute Gasteiger partial charge is 0.376 e. The third-order valence-corrected chi connectivity index (χ3v) is 3.25. The summed E-state index contributed by atoms with van der Waals surface area (Å²) < 4.78 is 15.4. The zero-order valence-electron chi connectivity index (χ0n) is 12.1. The van der Waals surface area contributed by atoms with Crippen molar-refractivity contribution in [3.63, 3.8) is 0 Å². The Kier molecular flexibility index (Phi) is 4.92. The number of likely N-dealkylation sites (N-methyl/N-ethyl adjacent to an activating group) is 1. The number of hydrogen-bond donors (Lipinski definition) is 2. The lowest BCUT2D eigenvalue weighted by Crippen LogP contribution is -2.23. The van der Waals surface area contributed by atoms with Crippen LogP contribution < -0.4 is 10.6 Å². The van der Waals surface area contributed by atoms with Crippen molar-refractivity contribution in [2.24, 2.45) is 0 Å². The average Bonchev–Trinajstić information content (AvgIpc) is 2.92. The van der Waals surface area contributed by atoms with Crippen molar-refractivity contribution in [3.05, 3.63) is 48.0 Å². The first kappa shape index (κ1) is 15.0. The van der Waals surface area contributed by atoms with Crippen molar-refractivity contribution >= 4 is 11.6 Å². The van der Waals surface area contributed by atoms with E-state index in [-0.39, 0.29) is 24.3 Å². The highest BCUT2D eigenvalue weighted by Gasteiger charge is 2.14. The van der Waals surface area contributed by atoms with Crippen LogP contribution in [0.4, 0.5) is 10.1 Å². The zero-order valence-corrected chi connectivity index (χ0v) is 12.1. The lowest BCUT2D eigenvalue weighted by molar-refractivity contribution is -0.121. The van der Waals surface area contributed by atoms with Gasteiger partial charge >= 0.3 is 0 Å². The lowest BCUT2D eigenvalue weighted by atomic mass is 10.0. The first-order valence-electron chi connectivity index (χ1n) is 6.88. The molecule has 0 radical (unpaired) electrons. The first-order chi connectivity index (χ1) is 10.1. The number of carbonyl (C=O) groups is 1. The number of rotatable bonds is 6. The van der Waals surface area contributed by atoms with Crippen LogP contribution in [0.2, 0.25) is 0 Å². The second kappa shape index (κ2) is 6.88. The monoisotopic (exact) mass is 290 g/mol. The van der Waals surface area contributed by atoms with Crippen LogP contribution in [0.5, 0.6) is 0 Å². The van der Waals surface area contributed by atoms with E-state index in [1.807, 2.05) is 13.0 Å². The van der Waals surface area contributed by atoms with Crippen molar-refractivity contribution in [1.82, 2.24) is 15.1 Å². The number of benzene rings is 1. The van der Waals surface area contributed by atoms with Crippen LogP contribution in [0.3, 0.4) is 0 Å². The van der Waals surface area contributed by atoms with Crippen LogP contribution in [0.15, 0.2) is 36.7 Å². The van der Waals surface area contributed by atoms with Gasteiger partial charge in [-0.1, -0.05) is 25.1 Å². The minimum absolute atomic E-state index is 0.120. The molecule has 0 saturated heterocycles. The summed E-state index contributed by atoms with van der Waals surface area (Å²) >= 11 is 0. The number of hydrogen-bond acceptors (Lipinski definition) is 3. The molecule has 1 unspecified atom stereocenters. The number of nitrogens with one attached hydrogen (secondary N) is 2. The quantitative estimate of drug-likeness (QED) is 0.858. The standard InChI is InChI=1S/C15H19FN4O/c1-3-14(12-6-4-5-7-13(12)16)19-11-8-18-20(9-11)10-15(21)17-2/h4-9,14,19H,3,10H2,1-2H3,(H,17,21). The predicted octanol–water partition coefficient (Wildman–Crippen LogP) is 2.33. The number of halogens is 1. The minimum atomic E-state index is -0.227. The van der Waals surface area contributed by atoms with Gasteiger partial charge in [0.05, 0.1) is 17.9 Å². The fourth-order valence-electron chi connectivity index (χ4n) is 2.11. The van der Waals surface area contributed by atoms with Gasteiger partial charge in [-0.3, -0.25) is 9.48 Å². The molecular weight excluding hydrogens is 271 g/mol. The number of aromatic nitrogens is 2. The molecule has 0 aliphatic carbocycles. The van der Waals surface area contributed by atoms with E-state index in [9.17, 15) is 9.18 Å². The Bertz CT molecular complexity index is 611. The summed E-state index contributed by atoms with van der Waals surface area (Å²) in [6, 6.07) is 6.58. The van der Waals surface area contributed by atoms with E-state index < -0.39 is 0 Å². The predicted molar refractivity (Wildman–Crippen MR) is 79.3 cm³/mol. The maximum Gasteiger partial charge on any atom is 0.241 e. The highest BCUT2D eigenvalue weighted by Crippen LogP contribution is 2.24. The van der Waals surface area contributed by atoms with Crippen LogP contribution in [-0.2, 0) is 11.3 Å². The molecule has 1 aromatic carbocycles. The average molecular weight is 290 g/mol. The van der Waals surface area contributed by atoms with Crippen molar-refractivity contribution in [2.75, 3.05) is 12.4 Å². The molecule has 112 valence electrons. The summed E-state index contributed by atoms with van der Waals surface area (Å²) in [7, 11) is 1.58. The molecule has 0 saturated carbocycles. The number of carbonyl (C=O) groups excluding carboxylic acids is 1. The summed E-state index contributed by atoms with van der Waals surface area (Å²) in [6.07, 6.45) is 4.10. The van der Waals surface area contributed by atoms with Gasteiger partial charge < -0.3 is 10.6 Å². The Morgan fingerprint density at radius 3 is 2.86 bits per heavy atom. The third kappa shape index (κ3) is 3.81. The smallest absolute Gasteiger partial charge is 0.241 e. The second-order valence-corrected chi connectivity index (χ2v) is 4.73. The molecule has 1 amide bonds.